The zero-order chi connectivity index (χ0) is 15.8. The maximum Gasteiger partial charge on any atom is 0.255 e. The van der Waals surface area contributed by atoms with Gasteiger partial charge in [0, 0.05) is 43.3 Å². The fraction of sp³-hybridized carbons (Fsp3) is 0.294. The van der Waals surface area contributed by atoms with Crippen molar-refractivity contribution >= 4 is 11.6 Å². The summed E-state index contributed by atoms with van der Waals surface area (Å²) in [6.07, 6.45) is 2.48. The standard InChI is InChI=1S/C17H20N2O3/c1-13-11-15(7-8-18-13)19-17(20)14-5-3-6-16(12-14)22-10-4-9-21-2/h3,5-8,11-12H,4,9-10H2,1-2H3,(H,18,19,20). The Bertz CT molecular complexity index is 629. The van der Waals surface area contributed by atoms with Gasteiger partial charge in [-0.05, 0) is 37.3 Å². The fourth-order valence-electron chi connectivity index (χ4n) is 1.95. The van der Waals surface area contributed by atoms with Crippen molar-refractivity contribution < 1.29 is 14.3 Å². The monoisotopic (exact) mass is 300 g/mol. The number of carbonyl (C=O) groups is 1. The van der Waals surface area contributed by atoms with E-state index in [9.17, 15) is 4.79 Å². The lowest BCUT2D eigenvalue weighted by molar-refractivity contribution is 0.102. The van der Waals surface area contributed by atoms with Crippen molar-refractivity contribution in [3.63, 3.8) is 0 Å². The summed E-state index contributed by atoms with van der Waals surface area (Å²) in [5.41, 5.74) is 2.13. The highest BCUT2D eigenvalue weighted by molar-refractivity contribution is 6.04. The molecule has 1 aromatic heterocycles. The molecule has 5 nitrogen and oxygen atoms in total. The molecular formula is C17H20N2O3. The zero-order valence-corrected chi connectivity index (χ0v) is 12.8. The molecule has 1 N–H and O–H groups in total. The smallest absolute Gasteiger partial charge is 0.255 e. The minimum absolute atomic E-state index is 0.173. The Balaban J connectivity index is 1.97. The predicted molar refractivity (Wildman–Crippen MR) is 85.4 cm³/mol. The topological polar surface area (TPSA) is 60.5 Å². The van der Waals surface area contributed by atoms with Crippen LogP contribution in [0.2, 0.25) is 0 Å². The molecule has 0 fully saturated rings. The Labute approximate surface area is 130 Å². The van der Waals surface area contributed by atoms with Gasteiger partial charge in [0.2, 0.25) is 0 Å². The van der Waals surface area contributed by atoms with Crippen molar-refractivity contribution in [1.82, 2.24) is 4.98 Å². The number of pyridine rings is 1. The molecule has 0 bridgehead atoms. The molecule has 0 saturated heterocycles. The Hall–Kier alpha value is -2.40. The average molecular weight is 300 g/mol. The largest absolute Gasteiger partial charge is 0.493 e. The summed E-state index contributed by atoms with van der Waals surface area (Å²) in [5, 5.41) is 2.85. The first-order chi connectivity index (χ1) is 10.7. The van der Waals surface area contributed by atoms with Crippen LogP contribution in [0.1, 0.15) is 22.5 Å². The van der Waals surface area contributed by atoms with E-state index in [4.69, 9.17) is 9.47 Å². The maximum atomic E-state index is 12.2. The van der Waals surface area contributed by atoms with Crippen LogP contribution in [0.3, 0.4) is 0 Å². The van der Waals surface area contributed by atoms with Crippen LogP contribution in [-0.2, 0) is 4.74 Å². The summed E-state index contributed by atoms with van der Waals surface area (Å²) < 4.78 is 10.6. The molecule has 0 spiro atoms. The third kappa shape index (κ3) is 4.86. The number of nitrogens with zero attached hydrogens (tertiary/aromatic N) is 1. The first-order valence-corrected chi connectivity index (χ1v) is 7.15. The number of carbonyl (C=O) groups excluding carboxylic acids is 1. The molecule has 0 atom stereocenters. The van der Waals surface area contributed by atoms with E-state index in [1.54, 1.807) is 37.6 Å². The minimum Gasteiger partial charge on any atom is -0.493 e. The second-order valence-corrected chi connectivity index (χ2v) is 4.86. The molecule has 2 rings (SSSR count). The molecule has 116 valence electrons. The Morgan fingerprint density at radius 2 is 2.09 bits per heavy atom. The summed E-state index contributed by atoms with van der Waals surface area (Å²) in [4.78, 5) is 16.3. The number of aromatic nitrogens is 1. The molecule has 0 saturated carbocycles. The van der Waals surface area contributed by atoms with Crippen LogP contribution in [0, 0.1) is 6.92 Å². The molecule has 1 aromatic carbocycles. The van der Waals surface area contributed by atoms with Crippen molar-refractivity contribution in [2.24, 2.45) is 0 Å². The van der Waals surface area contributed by atoms with E-state index in [-0.39, 0.29) is 5.91 Å². The van der Waals surface area contributed by atoms with Gasteiger partial charge in [-0.2, -0.15) is 0 Å². The predicted octanol–water partition coefficient (Wildman–Crippen LogP) is 3.06. The normalized spacial score (nSPS) is 10.3. The third-order valence-electron chi connectivity index (χ3n) is 3.01. The number of hydrogen-bond acceptors (Lipinski definition) is 4. The molecule has 1 amide bonds. The Morgan fingerprint density at radius 1 is 1.23 bits per heavy atom. The fourth-order valence-corrected chi connectivity index (χ4v) is 1.95. The van der Waals surface area contributed by atoms with E-state index in [2.05, 4.69) is 10.3 Å². The first kappa shape index (κ1) is 16.0. The van der Waals surface area contributed by atoms with Gasteiger partial charge in [0.1, 0.15) is 5.75 Å². The van der Waals surface area contributed by atoms with Crippen LogP contribution in [0.5, 0.6) is 5.75 Å². The van der Waals surface area contributed by atoms with Crippen molar-refractivity contribution in [3.05, 3.63) is 53.9 Å². The molecule has 22 heavy (non-hydrogen) atoms. The van der Waals surface area contributed by atoms with Crippen LogP contribution < -0.4 is 10.1 Å². The molecule has 5 heteroatoms. The van der Waals surface area contributed by atoms with E-state index in [0.29, 0.717) is 24.5 Å². The molecule has 0 radical (unpaired) electrons. The number of ether oxygens (including phenoxy) is 2. The van der Waals surface area contributed by atoms with Gasteiger partial charge in [0.15, 0.2) is 0 Å². The molecule has 0 aliphatic heterocycles. The van der Waals surface area contributed by atoms with Crippen molar-refractivity contribution in [2.75, 3.05) is 25.6 Å². The van der Waals surface area contributed by atoms with Gasteiger partial charge in [0.05, 0.1) is 6.61 Å². The lowest BCUT2D eigenvalue weighted by atomic mass is 10.2. The van der Waals surface area contributed by atoms with Gasteiger partial charge in [0.25, 0.3) is 5.91 Å². The number of nitrogens with one attached hydrogen (secondary N) is 1. The minimum atomic E-state index is -0.173. The van der Waals surface area contributed by atoms with Crippen LogP contribution >= 0.6 is 0 Å². The summed E-state index contributed by atoms with van der Waals surface area (Å²) >= 11 is 0. The summed E-state index contributed by atoms with van der Waals surface area (Å²) in [6, 6.07) is 10.7. The van der Waals surface area contributed by atoms with E-state index in [0.717, 1.165) is 17.8 Å². The van der Waals surface area contributed by atoms with Crippen LogP contribution in [0.4, 0.5) is 5.69 Å². The van der Waals surface area contributed by atoms with E-state index in [1.165, 1.54) is 0 Å². The molecule has 1 heterocycles. The molecule has 0 aliphatic carbocycles. The van der Waals surface area contributed by atoms with Gasteiger partial charge < -0.3 is 14.8 Å². The lowest BCUT2D eigenvalue weighted by Gasteiger charge is -2.09. The quantitative estimate of drug-likeness (QED) is 0.798. The van der Waals surface area contributed by atoms with Gasteiger partial charge in [-0.3, -0.25) is 9.78 Å². The molecule has 2 aromatic rings. The highest BCUT2D eigenvalue weighted by Gasteiger charge is 2.07. The molecular weight excluding hydrogens is 280 g/mol. The number of methoxy groups -OCH3 is 1. The maximum absolute atomic E-state index is 12.2. The summed E-state index contributed by atoms with van der Waals surface area (Å²) in [7, 11) is 1.66. The van der Waals surface area contributed by atoms with Crippen LogP contribution in [0.25, 0.3) is 0 Å². The first-order valence-electron chi connectivity index (χ1n) is 7.15. The number of rotatable bonds is 7. The van der Waals surface area contributed by atoms with Crippen LogP contribution in [-0.4, -0.2) is 31.2 Å². The average Bonchev–Trinajstić information content (AvgIpc) is 2.52. The zero-order valence-electron chi connectivity index (χ0n) is 12.8. The van der Waals surface area contributed by atoms with Gasteiger partial charge in [-0.15, -0.1) is 0 Å². The van der Waals surface area contributed by atoms with Crippen molar-refractivity contribution in [1.29, 1.82) is 0 Å². The number of amides is 1. The van der Waals surface area contributed by atoms with Crippen LogP contribution in [0.15, 0.2) is 42.6 Å². The Morgan fingerprint density at radius 3 is 2.86 bits per heavy atom. The second kappa shape index (κ2) is 8.14. The van der Waals surface area contributed by atoms with Gasteiger partial charge >= 0.3 is 0 Å². The van der Waals surface area contributed by atoms with Crippen molar-refractivity contribution in [2.45, 2.75) is 13.3 Å². The number of anilines is 1. The SMILES string of the molecule is COCCCOc1cccc(C(=O)Nc2ccnc(C)c2)c1. The van der Waals surface area contributed by atoms with Gasteiger partial charge in [-0.25, -0.2) is 0 Å². The van der Waals surface area contributed by atoms with E-state index >= 15 is 0 Å². The molecule has 0 aliphatic rings. The number of hydrogen-bond donors (Lipinski definition) is 1. The highest BCUT2D eigenvalue weighted by atomic mass is 16.5. The molecule has 0 unspecified atom stereocenters. The summed E-state index contributed by atoms with van der Waals surface area (Å²) in [5.74, 6) is 0.502. The highest BCUT2D eigenvalue weighted by Crippen LogP contribution is 2.16. The van der Waals surface area contributed by atoms with E-state index < -0.39 is 0 Å². The van der Waals surface area contributed by atoms with Crippen molar-refractivity contribution in [3.8, 4) is 5.75 Å². The lowest BCUT2D eigenvalue weighted by Crippen LogP contribution is -2.12. The van der Waals surface area contributed by atoms with Gasteiger partial charge in [-0.1, -0.05) is 6.07 Å². The third-order valence-corrected chi connectivity index (χ3v) is 3.01. The second-order valence-electron chi connectivity index (χ2n) is 4.86. The Kier molecular flexibility index (Phi) is 5.91. The number of aryl methyl sites for hydroxylation is 1. The van der Waals surface area contributed by atoms with E-state index in [1.807, 2.05) is 19.1 Å². The number of benzene rings is 1. The summed E-state index contributed by atoms with van der Waals surface area (Å²) in [6.45, 7) is 3.09.